The fourth-order valence-corrected chi connectivity index (χ4v) is 2.32. The Morgan fingerprint density at radius 2 is 2.39 bits per heavy atom. The van der Waals surface area contributed by atoms with Crippen LogP contribution in [0, 0.1) is 6.92 Å². The van der Waals surface area contributed by atoms with Crippen LogP contribution < -0.4 is 11.1 Å². The van der Waals surface area contributed by atoms with Gasteiger partial charge in [0.1, 0.15) is 0 Å². The highest BCUT2D eigenvalue weighted by molar-refractivity contribution is 6.31. The molecule has 1 heterocycles. The summed E-state index contributed by atoms with van der Waals surface area (Å²) in [5.41, 5.74) is 7.47. The Kier molecular flexibility index (Phi) is 4.22. The molecule has 4 nitrogen and oxygen atoms in total. The fourth-order valence-electron chi connectivity index (χ4n) is 2.14. The molecule has 1 aromatic carbocycles. The third kappa shape index (κ3) is 3.22. The topological polar surface area (TPSA) is 58.4 Å². The molecule has 1 aromatic rings. The molecule has 98 valence electrons. The number of nitrogens with two attached hydrogens (primary N) is 1. The second kappa shape index (κ2) is 5.69. The lowest BCUT2D eigenvalue weighted by atomic mass is 10.2. The average molecular weight is 268 g/mol. The molecule has 0 aliphatic carbocycles. The van der Waals surface area contributed by atoms with Crippen molar-refractivity contribution in [2.24, 2.45) is 5.73 Å². The molecule has 1 amide bonds. The van der Waals surface area contributed by atoms with Gasteiger partial charge in [0, 0.05) is 29.8 Å². The predicted molar refractivity (Wildman–Crippen MR) is 73.9 cm³/mol. The van der Waals surface area contributed by atoms with Crippen LogP contribution in [-0.2, 0) is 4.79 Å². The van der Waals surface area contributed by atoms with E-state index in [1.165, 1.54) is 0 Å². The summed E-state index contributed by atoms with van der Waals surface area (Å²) >= 11 is 6.01. The SMILES string of the molecule is Cc1c(Cl)cccc1NC(=O)CN1CC[C@@H](N)C1. The standard InChI is InChI=1S/C13H18ClN3O/c1-9-11(14)3-2-4-12(9)16-13(18)8-17-6-5-10(15)7-17/h2-4,10H,5-8,15H2,1H3,(H,16,18)/t10-/m1/s1. The number of hydrogen-bond donors (Lipinski definition) is 2. The van der Waals surface area contributed by atoms with Gasteiger partial charge in [0.25, 0.3) is 0 Å². The number of likely N-dealkylation sites (tertiary alicyclic amines) is 1. The molecule has 0 aromatic heterocycles. The molecule has 18 heavy (non-hydrogen) atoms. The number of hydrogen-bond acceptors (Lipinski definition) is 3. The van der Waals surface area contributed by atoms with Crippen molar-refractivity contribution in [3.63, 3.8) is 0 Å². The number of carbonyl (C=O) groups excluding carboxylic acids is 1. The van der Waals surface area contributed by atoms with Crippen molar-refractivity contribution >= 4 is 23.2 Å². The Morgan fingerprint density at radius 3 is 3.06 bits per heavy atom. The molecule has 5 heteroatoms. The first-order chi connectivity index (χ1) is 8.56. The Hall–Kier alpha value is -1.10. The van der Waals surface area contributed by atoms with E-state index >= 15 is 0 Å². The highest BCUT2D eigenvalue weighted by Gasteiger charge is 2.21. The number of nitrogens with zero attached hydrogens (tertiary/aromatic N) is 1. The maximum atomic E-state index is 11.9. The normalized spacial score (nSPS) is 20.1. The first kappa shape index (κ1) is 13.3. The molecule has 0 bridgehead atoms. The van der Waals surface area contributed by atoms with E-state index < -0.39 is 0 Å². The molecule has 0 spiro atoms. The lowest BCUT2D eigenvalue weighted by molar-refractivity contribution is -0.117. The van der Waals surface area contributed by atoms with Gasteiger partial charge in [-0.05, 0) is 31.0 Å². The smallest absolute Gasteiger partial charge is 0.238 e. The molecule has 2 rings (SSSR count). The van der Waals surface area contributed by atoms with E-state index in [1.807, 2.05) is 25.1 Å². The van der Waals surface area contributed by atoms with Crippen molar-refractivity contribution in [2.75, 3.05) is 25.0 Å². The number of rotatable bonds is 3. The highest BCUT2D eigenvalue weighted by atomic mass is 35.5. The predicted octanol–water partition coefficient (Wildman–Crippen LogP) is 1.62. The Morgan fingerprint density at radius 1 is 1.61 bits per heavy atom. The number of halogens is 1. The van der Waals surface area contributed by atoms with Crippen molar-refractivity contribution in [3.05, 3.63) is 28.8 Å². The Labute approximate surface area is 112 Å². The summed E-state index contributed by atoms with van der Waals surface area (Å²) in [7, 11) is 0. The van der Waals surface area contributed by atoms with E-state index in [1.54, 1.807) is 0 Å². The number of amides is 1. The van der Waals surface area contributed by atoms with Gasteiger partial charge >= 0.3 is 0 Å². The van der Waals surface area contributed by atoms with Crippen molar-refractivity contribution in [1.29, 1.82) is 0 Å². The lowest BCUT2D eigenvalue weighted by Gasteiger charge is -2.15. The lowest BCUT2D eigenvalue weighted by Crippen LogP contribution is -2.33. The summed E-state index contributed by atoms with van der Waals surface area (Å²) in [6.07, 6.45) is 0.962. The molecular weight excluding hydrogens is 250 g/mol. The van der Waals surface area contributed by atoms with E-state index in [-0.39, 0.29) is 11.9 Å². The van der Waals surface area contributed by atoms with Gasteiger partial charge in [0.05, 0.1) is 6.54 Å². The van der Waals surface area contributed by atoms with Crippen LogP contribution in [0.2, 0.25) is 5.02 Å². The second-order valence-corrected chi connectivity index (χ2v) is 5.15. The monoisotopic (exact) mass is 267 g/mol. The van der Waals surface area contributed by atoms with Gasteiger partial charge in [-0.3, -0.25) is 9.69 Å². The van der Waals surface area contributed by atoms with E-state index in [4.69, 9.17) is 17.3 Å². The molecule has 1 saturated heterocycles. The second-order valence-electron chi connectivity index (χ2n) is 4.74. The van der Waals surface area contributed by atoms with Crippen molar-refractivity contribution in [2.45, 2.75) is 19.4 Å². The van der Waals surface area contributed by atoms with Crippen LogP contribution in [-0.4, -0.2) is 36.5 Å². The zero-order valence-corrected chi connectivity index (χ0v) is 11.2. The van der Waals surface area contributed by atoms with Crippen LogP contribution in [0.25, 0.3) is 0 Å². The number of benzene rings is 1. The molecule has 3 N–H and O–H groups in total. The minimum atomic E-state index is -0.0190. The third-order valence-corrected chi connectivity index (χ3v) is 3.63. The first-order valence-electron chi connectivity index (χ1n) is 6.09. The zero-order chi connectivity index (χ0) is 13.1. The third-order valence-electron chi connectivity index (χ3n) is 3.22. The van der Waals surface area contributed by atoms with E-state index in [9.17, 15) is 4.79 Å². The first-order valence-corrected chi connectivity index (χ1v) is 6.47. The largest absolute Gasteiger partial charge is 0.326 e. The average Bonchev–Trinajstić information content (AvgIpc) is 2.70. The van der Waals surface area contributed by atoms with Crippen LogP contribution >= 0.6 is 11.6 Å². The minimum Gasteiger partial charge on any atom is -0.326 e. The minimum absolute atomic E-state index is 0.0190. The van der Waals surface area contributed by atoms with Crippen molar-refractivity contribution in [3.8, 4) is 0 Å². The summed E-state index contributed by atoms with van der Waals surface area (Å²) in [5.74, 6) is -0.0190. The maximum Gasteiger partial charge on any atom is 0.238 e. The van der Waals surface area contributed by atoms with Gasteiger partial charge in [-0.2, -0.15) is 0 Å². The maximum absolute atomic E-state index is 11.9. The summed E-state index contributed by atoms with van der Waals surface area (Å²) in [5, 5.41) is 3.55. The molecule has 0 unspecified atom stereocenters. The summed E-state index contributed by atoms with van der Waals surface area (Å²) in [6.45, 7) is 3.97. The highest BCUT2D eigenvalue weighted by Crippen LogP contribution is 2.22. The van der Waals surface area contributed by atoms with Crippen LogP contribution in [0.5, 0.6) is 0 Å². The van der Waals surface area contributed by atoms with Crippen molar-refractivity contribution in [1.82, 2.24) is 4.90 Å². The van der Waals surface area contributed by atoms with Crippen LogP contribution in [0.1, 0.15) is 12.0 Å². The van der Waals surface area contributed by atoms with Gasteiger partial charge in [-0.25, -0.2) is 0 Å². The van der Waals surface area contributed by atoms with Gasteiger partial charge < -0.3 is 11.1 Å². The van der Waals surface area contributed by atoms with Gasteiger partial charge in [0.2, 0.25) is 5.91 Å². The van der Waals surface area contributed by atoms with E-state index in [0.29, 0.717) is 11.6 Å². The fraction of sp³-hybridized carbons (Fsp3) is 0.462. The van der Waals surface area contributed by atoms with E-state index in [0.717, 1.165) is 30.8 Å². The van der Waals surface area contributed by atoms with Crippen LogP contribution in [0.4, 0.5) is 5.69 Å². The molecule has 1 fully saturated rings. The van der Waals surface area contributed by atoms with Gasteiger partial charge in [-0.1, -0.05) is 17.7 Å². The quantitative estimate of drug-likeness (QED) is 0.875. The summed E-state index contributed by atoms with van der Waals surface area (Å²) < 4.78 is 0. The molecule has 1 aliphatic heterocycles. The molecule has 1 atom stereocenters. The van der Waals surface area contributed by atoms with Gasteiger partial charge in [-0.15, -0.1) is 0 Å². The van der Waals surface area contributed by atoms with Crippen LogP contribution in [0.15, 0.2) is 18.2 Å². The number of anilines is 1. The summed E-state index contributed by atoms with van der Waals surface area (Å²) in [4.78, 5) is 14.0. The van der Waals surface area contributed by atoms with E-state index in [2.05, 4.69) is 10.2 Å². The molecular formula is C13H18ClN3O. The Balaban J connectivity index is 1.93. The van der Waals surface area contributed by atoms with Gasteiger partial charge in [0.15, 0.2) is 0 Å². The summed E-state index contributed by atoms with van der Waals surface area (Å²) in [6, 6.07) is 5.70. The molecule has 0 radical (unpaired) electrons. The zero-order valence-electron chi connectivity index (χ0n) is 10.4. The number of nitrogens with one attached hydrogen (secondary N) is 1. The van der Waals surface area contributed by atoms with Crippen molar-refractivity contribution < 1.29 is 4.79 Å². The molecule has 0 saturated carbocycles. The Bertz CT molecular complexity index is 450. The molecule has 1 aliphatic rings. The van der Waals surface area contributed by atoms with Crippen LogP contribution in [0.3, 0.4) is 0 Å². The number of carbonyl (C=O) groups is 1.